The molecule has 0 spiro atoms. The molecule has 0 radical (unpaired) electrons. The number of rotatable bonds is 59. The summed E-state index contributed by atoms with van der Waals surface area (Å²) in [6.07, 6.45) is 77.6. The lowest BCUT2D eigenvalue weighted by Gasteiger charge is -2.18. The van der Waals surface area contributed by atoms with Crippen molar-refractivity contribution in [1.29, 1.82) is 0 Å². The highest BCUT2D eigenvalue weighted by Crippen LogP contribution is 2.18. The maximum Gasteiger partial charge on any atom is 0.306 e. The van der Waals surface area contributed by atoms with Crippen molar-refractivity contribution in [3.05, 3.63) is 48.6 Å². The normalized spacial score (nSPS) is 12.3. The molecule has 73 heavy (non-hydrogen) atoms. The Balaban J connectivity index is 3.94. The third-order valence-corrected chi connectivity index (χ3v) is 14.3. The average molecular weight is 1020 g/mol. The molecule has 1 atom stereocenters. The minimum Gasteiger partial charge on any atom is -0.462 e. The fourth-order valence-electron chi connectivity index (χ4n) is 9.56. The molecule has 0 saturated carbocycles. The van der Waals surface area contributed by atoms with Gasteiger partial charge in [0.2, 0.25) is 0 Å². The highest BCUT2D eigenvalue weighted by Gasteiger charge is 2.19. The van der Waals surface area contributed by atoms with E-state index in [1.165, 1.54) is 199 Å². The maximum absolute atomic E-state index is 12.8. The van der Waals surface area contributed by atoms with Crippen LogP contribution in [0.3, 0.4) is 0 Å². The summed E-state index contributed by atoms with van der Waals surface area (Å²) in [5.41, 5.74) is 0. The zero-order valence-corrected chi connectivity index (χ0v) is 48.9. The van der Waals surface area contributed by atoms with E-state index >= 15 is 0 Å². The van der Waals surface area contributed by atoms with E-state index in [-0.39, 0.29) is 31.1 Å². The molecule has 0 amide bonds. The first kappa shape index (κ1) is 70.4. The number of unbranched alkanes of at least 4 members (excludes halogenated alkanes) is 40. The van der Waals surface area contributed by atoms with Crippen molar-refractivity contribution in [3.63, 3.8) is 0 Å². The lowest BCUT2D eigenvalue weighted by Crippen LogP contribution is -2.30. The van der Waals surface area contributed by atoms with E-state index < -0.39 is 6.10 Å². The van der Waals surface area contributed by atoms with Crippen LogP contribution in [0.1, 0.15) is 342 Å². The molecule has 6 heteroatoms. The SMILES string of the molecule is CC/C=C\C/C=C\C/C=C\C/C=C\CCCCCCCCC(=O)OC(COC(=O)CCCCCCC)COC(=O)CCCCCCCCCCCCCCCCCCCCCCCCCCCCCCCCC. The van der Waals surface area contributed by atoms with Crippen LogP contribution in [-0.2, 0) is 28.6 Å². The molecule has 0 rings (SSSR count). The molecule has 0 N–H and O–H groups in total. The number of allylic oxidation sites excluding steroid dienone is 8. The van der Waals surface area contributed by atoms with Gasteiger partial charge in [-0.1, -0.05) is 313 Å². The first-order valence-corrected chi connectivity index (χ1v) is 32.1. The van der Waals surface area contributed by atoms with Gasteiger partial charge in [0, 0.05) is 19.3 Å². The molecule has 426 valence electrons. The van der Waals surface area contributed by atoms with Crippen molar-refractivity contribution in [1.82, 2.24) is 0 Å². The van der Waals surface area contributed by atoms with Gasteiger partial charge in [0.05, 0.1) is 0 Å². The highest BCUT2D eigenvalue weighted by atomic mass is 16.6. The Bertz CT molecular complexity index is 1270. The van der Waals surface area contributed by atoms with Crippen molar-refractivity contribution in [3.8, 4) is 0 Å². The second-order valence-electron chi connectivity index (χ2n) is 21.7. The summed E-state index contributed by atoms with van der Waals surface area (Å²) >= 11 is 0. The van der Waals surface area contributed by atoms with Crippen LogP contribution in [0, 0.1) is 0 Å². The average Bonchev–Trinajstić information content (AvgIpc) is 3.39. The molecule has 0 fully saturated rings. The summed E-state index contributed by atoms with van der Waals surface area (Å²) in [7, 11) is 0. The van der Waals surface area contributed by atoms with Crippen LogP contribution in [0.2, 0.25) is 0 Å². The number of esters is 3. The monoisotopic (exact) mass is 1020 g/mol. The number of hydrogen-bond acceptors (Lipinski definition) is 6. The topological polar surface area (TPSA) is 78.9 Å². The Kier molecular flexibility index (Phi) is 59.7. The van der Waals surface area contributed by atoms with Crippen LogP contribution < -0.4 is 0 Å². The smallest absolute Gasteiger partial charge is 0.306 e. The van der Waals surface area contributed by atoms with Gasteiger partial charge in [0.15, 0.2) is 6.10 Å². The van der Waals surface area contributed by atoms with Gasteiger partial charge in [-0.3, -0.25) is 14.4 Å². The van der Waals surface area contributed by atoms with Gasteiger partial charge in [0.1, 0.15) is 13.2 Å². The molecule has 0 bridgehead atoms. The molecule has 0 aliphatic carbocycles. The van der Waals surface area contributed by atoms with E-state index in [9.17, 15) is 14.4 Å². The Hall–Kier alpha value is -2.63. The van der Waals surface area contributed by atoms with Crippen molar-refractivity contribution in [2.75, 3.05) is 13.2 Å². The standard InChI is InChI=1S/C67H122O6/c1-4-7-10-13-15-17-19-21-23-25-27-28-29-30-31-32-33-34-35-36-37-38-40-41-43-45-47-49-51-54-57-60-66(69)72-63-64(62-71-65(68)59-56-53-12-9-6-3)73-67(70)61-58-55-52-50-48-46-44-42-39-26-24-22-20-18-16-14-11-8-5-2/h8,11,16,18,22,24,39,42,64H,4-7,9-10,12-15,17,19-21,23,25-38,40-41,43-63H2,1-3H3/b11-8-,18-16-,24-22-,42-39-. The molecule has 0 aromatic heterocycles. The molecule has 0 aromatic rings. The second kappa shape index (κ2) is 61.9. The van der Waals surface area contributed by atoms with Crippen molar-refractivity contribution >= 4 is 17.9 Å². The third kappa shape index (κ3) is 60.1. The predicted molar refractivity (Wildman–Crippen MR) is 316 cm³/mol. The largest absolute Gasteiger partial charge is 0.462 e. The fraction of sp³-hybridized carbons (Fsp3) is 0.836. The van der Waals surface area contributed by atoms with Crippen LogP contribution in [0.15, 0.2) is 48.6 Å². The van der Waals surface area contributed by atoms with Gasteiger partial charge < -0.3 is 14.2 Å². The van der Waals surface area contributed by atoms with Gasteiger partial charge in [-0.2, -0.15) is 0 Å². The number of carbonyl (C=O) groups excluding carboxylic acids is 3. The van der Waals surface area contributed by atoms with E-state index in [2.05, 4.69) is 69.4 Å². The van der Waals surface area contributed by atoms with E-state index in [1.807, 2.05) is 0 Å². The van der Waals surface area contributed by atoms with Gasteiger partial charge in [-0.25, -0.2) is 0 Å². The summed E-state index contributed by atoms with van der Waals surface area (Å²) < 4.78 is 16.8. The lowest BCUT2D eigenvalue weighted by atomic mass is 10.0. The molecule has 0 heterocycles. The molecular weight excluding hydrogens is 901 g/mol. The summed E-state index contributed by atoms with van der Waals surface area (Å²) in [5.74, 6) is -0.889. The first-order valence-electron chi connectivity index (χ1n) is 32.1. The molecule has 0 aromatic carbocycles. The van der Waals surface area contributed by atoms with Crippen LogP contribution in [0.5, 0.6) is 0 Å². The maximum atomic E-state index is 12.8. The Morgan fingerprint density at radius 1 is 0.288 bits per heavy atom. The van der Waals surface area contributed by atoms with Crippen molar-refractivity contribution in [2.24, 2.45) is 0 Å². The van der Waals surface area contributed by atoms with Gasteiger partial charge in [-0.15, -0.1) is 0 Å². The highest BCUT2D eigenvalue weighted by molar-refractivity contribution is 5.71. The molecule has 0 aliphatic heterocycles. The Morgan fingerprint density at radius 2 is 0.534 bits per heavy atom. The zero-order chi connectivity index (χ0) is 52.9. The molecule has 1 unspecified atom stereocenters. The summed E-state index contributed by atoms with van der Waals surface area (Å²) in [6, 6.07) is 0. The quantitative estimate of drug-likeness (QED) is 0.0261. The molecule has 0 saturated heterocycles. The predicted octanol–water partition coefficient (Wildman–Crippen LogP) is 21.8. The molecular formula is C67H122O6. The summed E-state index contributed by atoms with van der Waals surface area (Å²) in [6.45, 7) is 6.48. The van der Waals surface area contributed by atoms with Crippen LogP contribution in [0.4, 0.5) is 0 Å². The summed E-state index contributed by atoms with van der Waals surface area (Å²) in [5, 5.41) is 0. The van der Waals surface area contributed by atoms with Crippen molar-refractivity contribution in [2.45, 2.75) is 348 Å². The Morgan fingerprint density at radius 3 is 0.836 bits per heavy atom. The van der Waals surface area contributed by atoms with E-state index in [1.54, 1.807) is 0 Å². The van der Waals surface area contributed by atoms with E-state index in [4.69, 9.17) is 14.2 Å². The van der Waals surface area contributed by atoms with Crippen molar-refractivity contribution < 1.29 is 28.6 Å². The minimum atomic E-state index is -0.776. The van der Waals surface area contributed by atoms with Crippen LogP contribution >= 0.6 is 0 Å². The van der Waals surface area contributed by atoms with Crippen LogP contribution in [0.25, 0.3) is 0 Å². The molecule has 6 nitrogen and oxygen atoms in total. The van der Waals surface area contributed by atoms with Gasteiger partial charge in [0.25, 0.3) is 0 Å². The number of ether oxygens (including phenoxy) is 3. The lowest BCUT2D eigenvalue weighted by molar-refractivity contribution is -0.167. The zero-order valence-electron chi connectivity index (χ0n) is 48.9. The van der Waals surface area contributed by atoms with E-state index in [0.717, 1.165) is 103 Å². The van der Waals surface area contributed by atoms with Gasteiger partial charge in [-0.05, 0) is 57.8 Å². The summed E-state index contributed by atoms with van der Waals surface area (Å²) in [4.78, 5) is 37.9. The second-order valence-corrected chi connectivity index (χ2v) is 21.7. The minimum absolute atomic E-state index is 0.0761. The Labute approximate surface area is 454 Å². The third-order valence-electron chi connectivity index (χ3n) is 14.3. The van der Waals surface area contributed by atoms with Gasteiger partial charge >= 0.3 is 17.9 Å². The number of hydrogen-bond donors (Lipinski definition) is 0. The molecule has 0 aliphatic rings. The number of carbonyl (C=O) groups is 3. The van der Waals surface area contributed by atoms with E-state index in [0.29, 0.717) is 19.3 Å². The fourth-order valence-corrected chi connectivity index (χ4v) is 9.56. The van der Waals surface area contributed by atoms with Crippen LogP contribution in [-0.4, -0.2) is 37.2 Å². The first-order chi connectivity index (χ1) is 36.0.